The van der Waals surface area contributed by atoms with E-state index >= 15 is 0 Å². The molecule has 1 spiro atoms. The molecule has 1 heterocycles. The van der Waals surface area contributed by atoms with Crippen molar-refractivity contribution >= 4 is 17.5 Å². The van der Waals surface area contributed by atoms with Gasteiger partial charge in [0.2, 0.25) is 5.91 Å². The van der Waals surface area contributed by atoms with E-state index in [0.717, 1.165) is 25.9 Å². The van der Waals surface area contributed by atoms with Crippen LogP contribution < -0.4 is 10.6 Å². The number of benzene rings is 2. The van der Waals surface area contributed by atoms with Gasteiger partial charge in [0.1, 0.15) is 0 Å². The maximum Gasteiger partial charge on any atom is 0.251 e. The second-order valence-corrected chi connectivity index (χ2v) is 10.4. The van der Waals surface area contributed by atoms with E-state index in [1.165, 1.54) is 12.5 Å². The zero-order chi connectivity index (χ0) is 22.5. The van der Waals surface area contributed by atoms with Crippen LogP contribution in [-0.2, 0) is 9.53 Å². The lowest BCUT2D eigenvalue weighted by atomic mass is 9.59. The van der Waals surface area contributed by atoms with Crippen molar-refractivity contribution in [2.24, 2.45) is 22.7 Å². The second kappa shape index (κ2) is 7.73. The third-order valence-electron chi connectivity index (χ3n) is 8.38. The molecule has 0 aromatic heterocycles. The van der Waals surface area contributed by atoms with Gasteiger partial charge in [-0.2, -0.15) is 0 Å². The fraction of sp³-hybridized carbons (Fsp3) is 0.481. The summed E-state index contributed by atoms with van der Waals surface area (Å²) in [6.07, 6.45) is 3.41. The molecule has 0 radical (unpaired) electrons. The molecule has 2 N–H and O–H groups in total. The molecule has 1 saturated heterocycles. The van der Waals surface area contributed by atoms with Gasteiger partial charge in [-0.15, -0.1) is 0 Å². The van der Waals surface area contributed by atoms with Crippen LogP contribution in [0.3, 0.4) is 0 Å². The van der Waals surface area contributed by atoms with Crippen molar-refractivity contribution in [2.45, 2.75) is 52.2 Å². The van der Waals surface area contributed by atoms with Crippen LogP contribution in [0.5, 0.6) is 0 Å². The van der Waals surface area contributed by atoms with Gasteiger partial charge in [0.15, 0.2) is 0 Å². The molecule has 2 aliphatic carbocycles. The van der Waals surface area contributed by atoms with E-state index < -0.39 is 0 Å². The molecule has 5 atom stereocenters. The largest absolute Gasteiger partial charge is 0.373 e. The van der Waals surface area contributed by atoms with E-state index in [0.29, 0.717) is 23.1 Å². The summed E-state index contributed by atoms with van der Waals surface area (Å²) in [6, 6.07) is 17.8. The fourth-order valence-electron chi connectivity index (χ4n) is 6.88. The number of ether oxygens (including phenoxy) is 1. The van der Waals surface area contributed by atoms with Crippen LogP contribution in [0, 0.1) is 22.7 Å². The average Bonchev–Trinajstić information content (AvgIpc) is 3.26. The molecule has 5 rings (SSSR count). The molecule has 2 saturated carbocycles. The van der Waals surface area contributed by atoms with Crippen molar-refractivity contribution in [1.82, 2.24) is 5.32 Å². The number of carbonyl (C=O) groups is 2. The van der Waals surface area contributed by atoms with Crippen LogP contribution in [-0.4, -0.2) is 24.5 Å². The first-order chi connectivity index (χ1) is 15.3. The van der Waals surface area contributed by atoms with Crippen molar-refractivity contribution in [1.29, 1.82) is 0 Å². The summed E-state index contributed by atoms with van der Waals surface area (Å²) in [5.74, 6) is 0.835. The Morgan fingerprint density at radius 1 is 1.03 bits per heavy atom. The van der Waals surface area contributed by atoms with Gasteiger partial charge in [-0.3, -0.25) is 9.59 Å². The second-order valence-electron chi connectivity index (χ2n) is 10.4. The SMILES string of the molecule is CC(=O)Nc1ccc(C(=O)N[C@H]2C(C)(C)[C@@H]3C[C@@H]4[C@@H](c5ccccc5)OCC[C@@]42C3)cc1. The Hall–Kier alpha value is -2.66. The molecule has 1 aliphatic heterocycles. The van der Waals surface area contributed by atoms with E-state index in [9.17, 15) is 9.59 Å². The molecule has 2 aromatic rings. The number of nitrogens with one attached hydrogen (secondary N) is 2. The summed E-state index contributed by atoms with van der Waals surface area (Å²) in [5.41, 5.74) is 2.68. The first kappa shape index (κ1) is 21.2. The lowest BCUT2D eigenvalue weighted by Crippen LogP contribution is -2.58. The van der Waals surface area contributed by atoms with Crippen LogP contribution in [0.25, 0.3) is 0 Å². The van der Waals surface area contributed by atoms with Crippen LogP contribution >= 0.6 is 0 Å². The minimum atomic E-state index is -0.122. The number of rotatable bonds is 4. The smallest absolute Gasteiger partial charge is 0.251 e. The van der Waals surface area contributed by atoms with Crippen LogP contribution in [0.1, 0.15) is 62.1 Å². The van der Waals surface area contributed by atoms with E-state index in [2.05, 4.69) is 48.7 Å². The van der Waals surface area contributed by atoms with Gasteiger partial charge in [0.25, 0.3) is 5.91 Å². The van der Waals surface area contributed by atoms with Crippen molar-refractivity contribution in [2.75, 3.05) is 11.9 Å². The highest BCUT2D eigenvalue weighted by Gasteiger charge is 2.68. The number of hydrogen-bond acceptors (Lipinski definition) is 3. The molecule has 32 heavy (non-hydrogen) atoms. The van der Waals surface area contributed by atoms with Gasteiger partial charge in [-0.05, 0) is 71.8 Å². The van der Waals surface area contributed by atoms with Gasteiger partial charge >= 0.3 is 0 Å². The van der Waals surface area contributed by atoms with Gasteiger partial charge in [0, 0.05) is 30.8 Å². The van der Waals surface area contributed by atoms with Crippen LogP contribution in [0.15, 0.2) is 54.6 Å². The molecule has 2 aromatic carbocycles. The van der Waals surface area contributed by atoms with Crippen molar-refractivity contribution in [3.05, 3.63) is 65.7 Å². The van der Waals surface area contributed by atoms with E-state index in [1.54, 1.807) is 24.3 Å². The maximum absolute atomic E-state index is 13.3. The minimum Gasteiger partial charge on any atom is -0.373 e. The maximum atomic E-state index is 13.3. The summed E-state index contributed by atoms with van der Waals surface area (Å²) in [4.78, 5) is 24.6. The number of carbonyl (C=O) groups excluding carboxylic acids is 2. The molecule has 0 unspecified atom stereocenters. The molecular formula is C27H32N2O3. The van der Waals surface area contributed by atoms with Crippen molar-refractivity contribution in [3.63, 3.8) is 0 Å². The monoisotopic (exact) mass is 432 g/mol. The van der Waals surface area contributed by atoms with Crippen molar-refractivity contribution in [3.8, 4) is 0 Å². The highest BCUT2D eigenvalue weighted by atomic mass is 16.5. The quantitative estimate of drug-likeness (QED) is 0.718. The fourth-order valence-corrected chi connectivity index (χ4v) is 6.88. The zero-order valence-electron chi connectivity index (χ0n) is 19.1. The topological polar surface area (TPSA) is 67.4 Å². The Labute approximate surface area is 189 Å². The van der Waals surface area contributed by atoms with Gasteiger partial charge < -0.3 is 15.4 Å². The Kier molecular flexibility index (Phi) is 5.12. The zero-order valence-corrected chi connectivity index (χ0v) is 19.1. The third-order valence-corrected chi connectivity index (χ3v) is 8.38. The van der Waals surface area contributed by atoms with Crippen molar-refractivity contribution < 1.29 is 14.3 Å². The number of hydrogen-bond donors (Lipinski definition) is 2. The molecule has 168 valence electrons. The predicted octanol–water partition coefficient (Wildman–Crippen LogP) is 4.96. The molecule has 5 nitrogen and oxygen atoms in total. The molecule has 3 aliphatic rings. The minimum absolute atomic E-state index is 0.0409. The summed E-state index contributed by atoms with van der Waals surface area (Å²) < 4.78 is 6.33. The molecular weight excluding hydrogens is 400 g/mol. The third kappa shape index (κ3) is 3.34. The Bertz CT molecular complexity index is 1020. The first-order valence-corrected chi connectivity index (χ1v) is 11.7. The van der Waals surface area contributed by atoms with E-state index in [1.807, 2.05) is 6.07 Å². The highest BCUT2D eigenvalue weighted by Crippen LogP contribution is 2.70. The summed E-state index contributed by atoms with van der Waals surface area (Å²) in [6.45, 7) is 6.85. The highest BCUT2D eigenvalue weighted by molar-refractivity contribution is 5.95. The Morgan fingerprint density at radius 2 is 1.75 bits per heavy atom. The summed E-state index contributed by atoms with van der Waals surface area (Å²) in [7, 11) is 0. The molecule has 3 fully saturated rings. The lowest BCUT2D eigenvalue weighted by molar-refractivity contribution is -0.120. The molecule has 2 amide bonds. The number of anilines is 1. The normalized spacial score (nSPS) is 32.2. The summed E-state index contributed by atoms with van der Waals surface area (Å²) in [5, 5.41) is 6.21. The van der Waals surface area contributed by atoms with Crippen LogP contribution in [0.2, 0.25) is 0 Å². The Balaban J connectivity index is 1.41. The van der Waals surface area contributed by atoms with Gasteiger partial charge in [-0.25, -0.2) is 0 Å². The van der Waals surface area contributed by atoms with E-state index in [-0.39, 0.29) is 34.8 Å². The molecule has 5 heteroatoms. The van der Waals surface area contributed by atoms with Crippen LogP contribution in [0.4, 0.5) is 5.69 Å². The molecule has 2 bridgehead atoms. The number of amides is 2. The van der Waals surface area contributed by atoms with Gasteiger partial charge in [0.05, 0.1) is 6.10 Å². The predicted molar refractivity (Wildman–Crippen MR) is 124 cm³/mol. The lowest BCUT2D eigenvalue weighted by Gasteiger charge is -2.53. The summed E-state index contributed by atoms with van der Waals surface area (Å²) >= 11 is 0. The number of fused-ring (bicyclic) bond motifs is 1. The standard InChI is InChI=1S/C27H32N2O3/c1-17(30)28-21-11-9-19(10-12-21)24(31)29-25-26(2,3)20-15-22-23(18-7-5-4-6-8-18)32-14-13-27(22,25)16-20/h4-12,20,22-23,25H,13-16H2,1-3H3,(H,28,30)(H,29,31)/t20-,22-,23-,25+,27-/m1/s1. The van der Waals surface area contributed by atoms with Gasteiger partial charge in [-0.1, -0.05) is 44.2 Å². The Morgan fingerprint density at radius 3 is 2.44 bits per heavy atom. The average molecular weight is 433 g/mol. The van der Waals surface area contributed by atoms with E-state index in [4.69, 9.17) is 4.74 Å². The first-order valence-electron chi connectivity index (χ1n) is 11.7.